The topological polar surface area (TPSA) is 94.5 Å². The summed E-state index contributed by atoms with van der Waals surface area (Å²) in [6.07, 6.45) is 1.22. The lowest BCUT2D eigenvalue weighted by atomic mass is 10.1. The number of carbonyl (C=O) groups is 2. The predicted molar refractivity (Wildman–Crippen MR) is 128 cm³/mol. The molecule has 0 radical (unpaired) electrons. The van der Waals surface area contributed by atoms with E-state index in [1.807, 2.05) is 0 Å². The van der Waals surface area contributed by atoms with E-state index >= 15 is 0 Å². The highest BCUT2D eigenvalue weighted by Gasteiger charge is 2.28. The van der Waals surface area contributed by atoms with Crippen molar-refractivity contribution in [1.82, 2.24) is 9.78 Å². The Kier molecular flexibility index (Phi) is 8.81. The van der Waals surface area contributed by atoms with Crippen molar-refractivity contribution in [3.63, 3.8) is 0 Å². The van der Waals surface area contributed by atoms with Crippen LogP contribution in [0.25, 0.3) is 0 Å². The summed E-state index contributed by atoms with van der Waals surface area (Å²) < 4.78 is 79.1. The SMILES string of the molecule is CCOC(=O)c1sc(NC(=S)Nc2ccn(Cc3c(F)c(F)c(F)c(F)c3F)n2)c(C(=O)OCC)c1C. The van der Waals surface area contributed by atoms with E-state index in [-0.39, 0.29) is 39.6 Å². The van der Waals surface area contributed by atoms with Crippen LogP contribution in [-0.2, 0) is 16.0 Å². The molecule has 0 aliphatic heterocycles. The summed E-state index contributed by atoms with van der Waals surface area (Å²) in [7, 11) is 0. The number of hydrogen-bond donors (Lipinski definition) is 2. The highest BCUT2D eigenvalue weighted by Crippen LogP contribution is 2.34. The molecule has 0 amide bonds. The second-order valence-electron chi connectivity index (χ2n) is 7.23. The Morgan fingerprint density at radius 3 is 2.14 bits per heavy atom. The molecule has 0 saturated heterocycles. The number of rotatable bonds is 8. The molecule has 2 heterocycles. The van der Waals surface area contributed by atoms with Gasteiger partial charge in [-0.05, 0) is 38.6 Å². The number of nitrogens with one attached hydrogen (secondary N) is 2. The van der Waals surface area contributed by atoms with E-state index in [9.17, 15) is 31.5 Å². The molecule has 1 aromatic carbocycles. The van der Waals surface area contributed by atoms with Gasteiger partial charge in [0.1, 0.15) is 9.88 Å². The van der Waals surface area contributed by atoms with Crippen LogP contribution in [0.4, 0.5) is 32.8 Å². The van der Waals surface area contributed by atoms with Gasteiger partial charge in [-0.1, -0.05) is 0 Å². The highest BCUT2D eigenvalue weighted by atomic mass is 32.1. The number of anilines is 2. The first-order valence-corrected chi connectivity index (χ1v) is 11.8. The fourth-order valence-electron chi connectivity index (χ4n) is 3.16. The molecule has 0 fully saturated rings. The molecular weight excluding hydrogens is 543 g/mol. The number of esters is 2. The molecule has 0 bridgehead atoms. The lowest BCUT2D eigenvalue weighted by Crippen LogP contribution is -2.21. The van der Waals surface area contributed by atoms with Crippen molar-refractivity contribution in [2.24, 2.45) is 0 Å². The van der Waals surface area contributed by atoms with E-state index in [4.69, 9.17) is 21.7 Å². The van der Waals surface area contributed by atoms with Gasteiger partial charge in [-0.3, -0.25) is 4.68 Å². The number of thiocarbonyl (C=S) groups is 1. The molecule has 2 N–H and O–H groups in total. The van der Waals surface area contributed by atoms with Gasteiger partial charge in [0.05, 0.1) is 30.9 Å². The van der Waals surface area contributed by atoms with Crippen LogP contribution in [0.15, 0.2) is 12.3 Å². The molecule has 198 valence electrons. The maximum absolute atomic E-state index is 14.0. The molecule has 37 heavy (non-hydrogen) atoms. The van der Waals surface area contributed by atoms with Crippen LogP contribution < -0.4 is 10.6 Å². The molecule has 15 heteroatoms. The van der Waals surface area contributed by atoms with Crippen molar-refractivity contribution >= 4 is 51.4 Å². The Labute approximate surface area is 216 Å². The third-order valence-electron chi connectivity index (χ3n) is 4.82. The van der Waals surface area contributed by atoms with Crippen molar-refractivity contribution in [3.8, 4) is 0 Å². The van der Waals surface area contributed by atoms with E-state index < -0.39 is 53.1 Å². The lowest BCUT2D eigenvalue weighted by molar-refractivity contribution is 0.0527. The Morgan fingerprint density at radius 1 is 0.973 bits per heavy atom. The molecule has 0 spiro atoms. The Hall–Kier alpha value is -3.59. The smallest absolute Gasteiger partial charge is 0.348 e. The summed E-state index contributed by atoms with van der Waals surface area (Å²) in [5, 5.41) is 9.51. The van der Waals surface area contributed by atoms with E-state index in [0.717, 1.165) is 16.0 Å². The molecule has 0 saturated carbocycles. The van der Waals surface area contributed by atoms with Gasteiger partial charge in [-0.15, -0.1) is 11.3 Å². The minimum atomic E-state index is -2.25. The minimum Gasteiger partial charge on any atom is -0.462 e. The van der Waals surface area contributed by atoms with Gasteiger partial charge >= 0.3 is 11.9 Å². The lowest BCUT2D eigenvalue weighted by Gasteiger charge is -2.10. The normalized spacial score (nSPS) is 10.8. The zero-order chi connectivity index (χ0) is 27.4. The maximum Gasteiger partial charge on any atom is 0.348 e. The maximum atomic E-state index is 14.0. The van der Waals surface area contributed by atoms with Crippen LogP contribution in [0.2, 0.25) is 0 Å². The number of carbonyl (C=O) groups excluding carboxylic acids is 2. The van der Waals surface area contributed by atoms with Crippen LogP contribution >= 0.6 is 23.6 Å². The number of ether oxygens (including phenoxy) is 2. The monoisotopic (exact) mass is 562 g/mol. The first-order valence-electron chi connectivity index (χ1n) is 10.6. The molecule has 3 rings (SSSR count). The predicted octanol–water partition coefficient (Wildman–Crippen LogP) is 5.16. The van der Waals surface area contributed by atoms with Crippen LogP contribution in [0.5, 0.6) is 0 Å². The fourth-order valence-corrected chi connectivity index (χ4v) is 4.52. The van der Waals surface area contributed by atoms with Gasteiger partial charge in [0, 0.05) is 12.3 Å². The van der Waals surface area contributed by atoms with E-state index in [1.165, 1.54) is 12.3 Å². The van der Waals surface area contributed by atoms with Crippen molar-refractivity contribution in [3.05, 3.63) is 62.9 Å². The molecule has 0 aliphatic rings. The quantitative estimate of drug-likeness (QED) is 0.128. The average molecular weight is 563 g/mol. The zero-order valence-electron chi connectivity index (χ0n) is 19.5. The average Bonchev–Trinajstić information content (AvgIpc) is 3.42. The van der Waals surface area contributed by atoms with Gasteiger partial charge in [0.25, 0.3) is 0 Å². The van der Waals surface area contributed by atoms with Gasteiger partial charge in [-0.25, -0.2) is 31.5 Å². The molecule has 3 aromatic rings. The van der Waals surface area contributed by atoms with Gasteiger partial charge in [-0.2, -0.15) is 5.10 Å². The summed E-state index contributed by atoms with van der Waals surface area (Å²) in [6, 6.07) is 1.33. The van der Waals surface area contributed by atoms with Crippen LogP contribution in [0, 0.1) is 36.0 Å². The van der Waals surface area contributed by atoms with Crippen molar-refractivity contribution in [2.75, 3.05) is 23.8 Å². The third kappa shape index (κ3) is 5.88. The summed E-state index contributed by atoms with van der Waals surface area (Å²) in [5.74, 6) is -11.6. The molecule has 0 unspecified atom stereocenters. The first-order chi connectivity index (χ1) is 17.5. The van der Waals surface area contributed by atoms with E-state index in [1.54, 1.807) is 20.8 Å². The Bertz CT molecular complexity index is 1350. The van der Waals surface area contributed by atoms with Crippen molar-refractivity contribution < 1.29 is 41.0 Å². The molecule has 8 nitrogen and oxygen atoms in total. The van der Waals surface area contributed by atoms with Crippen LogP contribution in [0.1, 0.15) is 45.0 Å². The number of halogens is 5. The summed E-state index contributed by atoms with van der Waals surface area (Å²) in [5.41, 5.74) is -0.651. The number of hydrogen-bond acceptors (Lipinski definition) is 7. The van der Waals surface area contributed by atoms with E-state index in [2.05, 4.69) is 15.7 Å². The van der Waals surface area contributed by atoms with Crippen molar-refractivity contribution in [2.45, 2.75) is 27.3 Å². The molecule has 0 atom stereocenters. The second kappa shape index (κ2) is 11.6. The highest BCUT2D eigenvalue weighted by molar-refractivity contribution is 7.80. The van der Waals surface area contributed by atoms with Gasteiger partial charge < -0.3 is 20.1 Å². The Morgan fingerprint density at radius 2 is 1.54 bits per heavy atom. The second-order valence-corrected chi connectivity index (χ2v) is 8.66. The standard InChI is InChI=1S/C22H19F5N4O4S2/c1-4-34-20(32)12-9(3)18(21(33)35-5-2)37-19(12)29-22(36)28-11-6-7-31(30-11)8-10-13(23)15(25)17(27)16(26)14(10)24/h6-7H,4-5,8H2,1-3H3,(H2,28,29,30,36). The third-order valence-corrected chi connectivity index (χ3v) is 6.21. The number of nitrogens with zero attached hydrogens (tertiary/aromatic N) is 2. The summed E-state index contributed by atoms with van der Waals surface area (Å²) >= 11 is 6.15. The largest absolute Gasteiger partial charge is 0.462 e. The van der Waals surface area contributed by atoms with Crippen LogP contribution in [0.3, 0.4) is 0 Å². The van der Waals surface area contributed by atoms with Crippen LogP contribution in [-0.4, -0.2) is 40.0 Å². The number of benzene rings is 1. The molecule has 2 aromatic heterocycles. The Balaban J connectivity index is 1.80. The van der Waals surface area contributed by atoms with Gasteiger partial charge in [0.2, 0.25) is 5.82 Å². The van der Waals surface area contributed by atoms with Gasteiger partial charge in [0.15, 0.2) is 34.2 Å². The first kappa shape index (κ1) is 28.0. The zero-order valence-corrected chi connectivity index (χ0v) is 21.1. The summed E-state index contributed by atoms with van der Waals surface area (Å²) in [4.78, 5) is 24.9. The number of aromatic nitrogens is 2. The van der Waals surface area contributed by atoms with E-state index in [0.29, 0.717) is 5.56 Å². The minimum absolute atomic E-state index is 0.0537. The molecule has 0 aliphatic carbocycles. The fraction of sp³-hybridized carbons (Fsp3) is 0.273. The number of thiophene rings is 1. The summed E-state index contributed by atoms with van der Waals surface area (Å²) in [6.45, 7) is 4.27. The molecular formula is C22H19F5N4O4S2. The van der Waals surface area contributed by atoms with Crippen molar-refractivity contribution in [1.29, 1.82) is 0 Å².